The lowest BCUT2D eigenvalue weighted by atomic mass is 10.2. The fraction of sp³-hybridized carbons (Fsp3) is 0.350. The average molecular weight is 406 g/mol. The van der Waals surface area contributed by atoms with Crippen LogP contribution in [-0.4, -0.2) is 52.7 Å². The minimum absolute atomic E-state index is 0.175. The van der Waals surface area contributed by atoms with E-state index < -0.39 is 5.91 Å². The highest BCUT2D eigenvalue weighted by Gasteiger charge is 2.23. The molecule has 0 aromatic carbocycles. The van der Waals surface area contributed by atoms with Gasteiger partial charge in [0.2, 0.25) is 0 Å². The van der Waals surface area contributed by atoms with Crippen LogP contribution >= 0.6 is 0 Å². The molecule has 1 aliphatic rings. The Bertz CT molecular complexity index is 1280. The number of hydrogen-bond acceptors (Lipinski definition) is 6. The first kappa shape index (κ1) is 18.5. The van der Waals surface area contributed by atoms with E-state index in [1.165, 1.54) is 0 Å². The smallest absolute Gasteiger partial charge is 0.267 e. The second-order valence-corrected chi connectivity index (χ2v) is 7.62. The molecule has 1 amide bonds. The van der Waals surface area contributed by atoms with Crippen molar-refractivity contribution in [2.75, 3.05) is 6.61 Å². The van der Waals surface area contributed by atoms with E-state index in [-0.39, 0.29) is 11.8 Å². The average Bonchev–Trinajstić information content (AvgIpc) is 3.35. The molecule has 154 valence electrons. The highest BCUT2D eigenvalue weighted by atomic mass is 16.5. The molecular weight excluding hydrogens is 384 g/mol. The lowest BCUT2D eigenvalue weighted by Gasteiger charge is -2.26. The van der Waals surface area contributed by atoms with E-state index in [2.05, 4.69) is 15.2 Å². The van der Waals surface area contributed by atoms with E-state index >= 15 is 0 Å². The summed E-state index contributed by atoms with van der Waals surface area (Å²) in [4.78, 5) is 21.2. The van der Waals surface area contributed by atoms with Crippen molar-refractivity contribution in [3.05, 3.63) is 35.9 Å². The summed E-state index contributed by atoms with van der Waals surface area (Å²) in [6.07, 6.45) is 4.88. The summed E-state index contributed by atoms with van der Waals surface area (Å²) in [6, 6.07) is 3.66. The number of fused-ring (bicyclic) bond motifs is 1. The van der Waals surface area contributed by atoms with Crippen LogP contribution in [0.2, 0.25) is 0 Å². The monoisotopic (exact) mass is 406 g/mol. The Kier molecular flexibility index (Phi) is 4.17. The van der Waals surface area contributed by atoms with Crippen LogP contribution in [0.5, 0.6) is 0 Å². The molecule has 1 atom stereocenters. The van der Waals surface area contributed by atoms with E-state index in [1.807, 2.05) is 42.5 Å². The molecule has 1 saturated heterocycles. The Morgan fingerprint density at radius 2 is 2.10 bits per heavy atom. The topological polar surface area (TPSA) is 119 Å². The van der Waals surface area contributed by atoms with Crippen LogP contribution in [-0.2, 0) is 25.4 Å². The summed E-state index contributed by atoms with van der Waals surface area (Å²) in [7, 11) is 3.71. The molecule has 0 saturated carbocycles. The van der Waals surface area contributed by atoms with Gasteiger partial charge in [0.15, 0.2) is 5.82 Å². The number of nitrogens with two attached hydrogens (primary N) is 1. The van der Waals surface area contributed by atoms with E-state index in [9.17, 15) is 4.79 Å². The van der Waals surface area contributed by atoms with Crippen molar-refractivity contribution in [2.24, 2.45) is 19.8 Å². The van der Waals surface area contributed by atoms with Gasteiger partial charge in [-0.2, -0.15) is 10.2 Å². The second-order valence-electron chi connectivity index (χ2n) is 7.62. The number of ether oxygens (including phenoxy) is 1. The largest absolute Gasteiger partial charge is 0.376 e. The molecule has 5 heterocycles. The van der Waals surface area contributed by atoms with Gasteiger partial charge in [0.05, 0.1) is 35.8 Å². The number of amides is 1. The zero-order valence-corrected chi connectivity index (χ0v) is 17.0. The fourth-order valence-corrected chi connectivity index (χ4v) is 3.76. The van der Waals surface area contributed by atoms with Gasteiger partial charge in [-0.05, 0) is 25.5 Å². The molecule has 30 heavy (non-hydrogen) atoms. The molecular formula is C20H22N8O2. The van der Waals surface area contributed by atoms with Crippen LogP contribution in [0, 0.1) is 6.92 Å². The minimum Gasteiger partial charge on any atom is -0.376 e. The van der Waals surface area contributed by atoms with Crippen molar-refractivity contribution in [1.82, 2.24) is 34.1 Å². The molecule has 0 spiro atoms. The SMILES string of the molecule is Cc1cc(-c2cn(C)c(-c3nc(C(N)=O)cc4c3cnn4C)n2)n(C[C@H]2CCO2)n1. The quantitative estimate of drug-likeness (QED) is 0.536. The van der Waals surface area contributed by atoms with Crippen molar-refractivity contribution in [3.63, 3.8) is 0 Å². The normalized spacial score (nSPS) is 16.2. The van der Waals surface area contributed by atoms with Crippen LogP contribution in [0.25, 0.3) is 33.8 Å². The Hall–Kier alpha value is -3.53. The number of aromatic nitrogens is 7. The standard InChI is InChI=1S/C20H22N8O2/c1-11-6-17(28(25-11)9-12-4-5-30-12)15-10-26(2)20(24-15)18-13-8-22-27(3)16(13)7-14(23-18)19(21)29/h6-8,10,12H,4-5,9H2,1-3H3,(H2,21,29)/t12-/m1/s1. The van der Waals surface area contributed by atoms with Gasteiger partial charge in [0, 0.05) is 32.3 Å². The molecule has 0 radical (unpaired) electrons. The lowest BCUT2D eigenvalue weighted by Crippen LogP contribution is -2.31. The van der Waals surface area contributed by atoms with Gasteiger partial charge in [-0.25, -0.2) is 9.97 Å². The third-order valence-corrected chi connectivity index (χ3v) is 5.42. The number of hydrogen-bond donors (Lipinski definition) is 1. The van der Waals surface area contributed by atoms with Crippen LogP contribution in [0.3, 0.4) is 0 Å². The Labute approximate surface area is 172 Å². The van der Waals surface area contributed by atoms with Gasteiger partial charge in [0.1, 0.15) is 17.1 Å². The molecule has 0 bridgehead atoms. The number of carbonyl (C=O) groups excluding carboxylic acids is 1. The third-order valence-electron chi connectivity index (χ3n) is 5.42. The summed E-state index contributed by atoms with van der Waals surface area (Å²) in [6.45, 7) is 3.46. The van der Waals surface area contributed by atoms with Gasteiger partial charge in [-0.15, -0.1) is 0 Å². The van der Waals surface area contributed by atoms with Gasteiger partial charge in [-0.1, -0.05) is 0 Å². The molecule has 4 aromatic heterocycles. The lowest BCUT2D eigenvalue weighted by molar-refractivity contribution is -0.0606. The number of carbonyl (C=O) groups is 1. The highest BCUT2D eigenvalue weighted by Crippen LogP contribution is 2.30. The van der Waals surface area contributed by atoms with E-state index in [1.54, 1.807) is 16.9 Å². The zero-order valence-electron chi connectivity index (χ0n) is 17.0. The number of nitrogens with zero attached hydrogens (tertiary/aromatic N) is 7. The Balaban J connectivity index is 1.63. The van der Waals surface area contributed by atoms with Crippen molar-refractivity contribution >= 4 is 16.8 Å². The van der Waals surface area contributed by atoms with Crippen LogP contribution in [0.15, 0.2) is 24.5 Å². The number of pyridine rings is 1. The van der Waals surface area contributed by atoms with Crippen LogP contribution in [0.4, 0.5) is 0 Å². The van der Waals surface area contributed by atoms with E-state index in [0.29, 0.717) is 18.1 Å². The number of primary amides is 1. The summed E-state index contributed by atoms with van der Waals surface area (Å²) in [5.41, 5.74) is 9.62. The molecule has 1 aliphatic heterocycles. The van der Waals surface area contributed by atoms with Crippen molar-refractivity contribution in [2.45, 2.75) is 26.0 Å². The predicted octanol–water partition coefficient (Wildman–Crippen LogP) is 1.43. The van der Waals surface area contributed by atoms with Gasteiger partial charge in [0.25, 0.3) is 5.91 Å². The Morgan fingerprint density at radius 1 is 1.30 bits per heavy atom. The van der Waals surface area contributed by atoms with Crippen molar-refractivity contribution in [3.8, 4) is 22.9 Å². The molecule has 0 aliphatic carbocycles. The Morgan fingerprint density at radius 3 is 2.80 bits per heavy atom. The summed E-state index contributed by atoms with van der Waals surface area (Å²) in [5.74, 6) is 0.0272. The van der Waals surface area contributed by atoms with Gasteiger partial charge >= 0.3 is 0 Å². The molecule has 2 N–H and O–H groups in total. The van der Waals surface area contributed by atoms with Gasteiger partial charge in [-0.3, -0.25) is 14.2 Å². The highest BCUT2D eigenvalue weighted by molar-refractivity contribution is 5.99. The summed E-state index contributed by atoms with van der Waals surface area (Å²) >= 11 is 0. The van der Waals surface area contributed by atoms with Gasteiger partial charge < -0.3 is 15.0 Å². The van der Waals surface area contributed by atoms with Crippen molar-refractivity contribution < 1.29 is 9.53 Å². The van der Waals surface area contributed by atoms with E-state index in [0.717, 1.165) is 41.0 Å². The minimum atomic E-state index is -0.594. The first-order valence-electron chi connectivity index (χ1n) is 9.73. The molecule has 0 unspecified atom stereocenters. The van der Waals surface area contributed by atoms with E-state index in [4.69, 9.17) is 15.5 Å². The number of imidazole rings is 1. The summed E-state index contributed by atoms with van der Waals surface area (Å²) in [5, 5.41) is 9.71. The second kappa shape index (κ2) is 6.77. The molecule has 10 heteroatoms. The third kappa shape index (κ3) is 2.96. The molecule has 10 nitrogen and oxygen atoms in total. The number of aryl methyl sites for hydroxylation is 3. The predicted molar refractivity (Wildman–Crippen MR) is 110 cm³/mol. The van der Waals surface area contributed by atoms with Crippen LogP contribution in [0.1, 0.15) is 22.6 Å². The molecule has 1 fully saturated rings. The first-order valence-corrected chi connectivity index (χ1v) is 9.73. The molecule has 4 aromatic rings. The maximum absolute atomic E-state index is 11.8. The first-order chi connectivity index (χ1) is 14.4. The van der Waals surface area contributed by atoms with Crippen LogP contribution < -0.4 is 5.73 Å². The zero-order chi connectivity index (χ0) is 21.0. The fourth-order valence-electron chi connectivity index (χ4n) is 3.76. The van der Waals surface area contributed by atoms with Crippen molar-refractivity contribution in [1.29, 1.82) is 0 Å². The molecule has 5 rings (SSSR count). The maximum atomic E-state index is 11.8. The summed E-state index contributed by atoms with van der Waals surface area (Å²) < 4.78 is 11.1. The number of rotatable bonds is 5. The maximum Gasteiger partial charge on any atom is 0.267 e.